The maximum atomic E-state index is 11.6. The van der Waals surface area contributed by atoms with E-state index in [1.165, 1.54) is 0 Å². The molecule has 0 aromatic rings. The fourth-order valence-corrected chi connectivity index (χ4v) is 1.60. The lowest BCUT2D eigenvalue weighted by atomic mass is 10.0. The van der Waals surface area contributed by atoms with E-state index in [9.17, 15) is 24.9 Å². The minimum Gasteiger partial charge on any atom is -0.480 e. The lowest BCUT2D eigenvalue weighted by Crippen LogP contribution is -2.54. The smallest absolute Gasteiger partial charge is 0.326 e. The molecule has 0 radical (unpaired) electrons. The molecule has 5 atom stereocenters. The van der Waals surface area contributed by atoms with Crippen LogP contribution in [-0.4, -0.2) is 79.6 Å². The van der Waals surface area contributed by atoms with Gasteiger partial charge in [0.2, 0.25) is 0 Å². The van der Waals surface area contributed by atoms with Crippen LogP contribution in [-0.2, 0) is 9.59 Å². The zero-order valence-corrected chi connectivity index (χ0v) is 11.7. The van der Waals surface area contributed by atoms with Crippen molar-refractivity contribution in [3.05, 3.63) is 0 Å². The van der Waals surface area contributed by atoms with Crippen molar-refractivity contribution in [2.24, 2.45) is 0 Å². The summed E-state index contributed by atoms with van der Waals surface area (Å²) < 4.78 is 0. The van der Waals surface area contributed by atoms with Crippen LogP contribution in [0.2, 0.25) is 0 Å². The van der Waals surface area contributed by atoms with Gasteiger partial charge in [-0.3, -0.25) is 4.79 Å². The number of rotatable bonds is 10. The van der Waals surface area contributed by atoms with E-state index in [-0.39, 0.29) is 6.42 Å². The highest BCUT2D eigenvalue weighted by Gasteiger charge is 2.35. The van der Waals surface area contributed by atoms with E-state index in [1.807, 2.05) is 12.2 Å². The summed E-state index contributed by atoms with van der Waals surface area (Å²) in [5, 5.41) is 57.1. The summed E-state index contributed by atoms with van der Waals surface area (Å²) in [6.45, 7) is 0.965. The predicted octanol–water partition coefficient (Wildman–Crippen LogP) is -2.82. The maximum Gasteiger partial charge on any atom is 0.326 e. The van der Waals surface area contributed by atoms with Gasteiger partial charge in [-0.1, -0.05) is 19.8 Å². The Morgan fingerprint density at radius 1 is 1.10 bits per heavy atom. The third-order valence-electron chi connectivity index (χ3n) is 2.98. The topological polar surface area (TPSA) is 168 Å². The van der Waals surface area contributed by atoms with Gasteiger partial charge in [-0.25, -0.2) is 4.79 Å². The number of amides is 1. The Bertz CT molecular complexity index is 337. The molecule has 1 amide bonds. The van der Waals surface area contributed by atoms with E-state index in [0.29, 0.717) is 12.8 Å². The molecule has 0 aromatic carbocycles. The fourth-order valence-electron chi connectivity index (χ4n) is 1.60. The molecule has 124 valence electrons. The molecule has 9 nitrogen and oxygen atoms in total. The first kappa shape index (κ1) is 19.7. The van der Waals surface area contributed by atoms with Gasteiger partial charge in [0.1, 0.15) is 24.4 Å². The number of carboxylic acid groups (broad SMARTS) is 1. The van der Waals surface area contributed by atoms with E-state index in [4.69, 9.17) is 15.3 Å². The molecule has 9 heteroatoms. The number of hydrogen-bond acceptors (Lipinski definition) is 7. The molecule has 0 aliphatic heterocycles. The number of carbonyl (C=O) groups is 2. The molecular formula is C12H23NO8. The standard InChI is InChI=1S/C12H23NO8/c1-2-3-4-6(12(20)21)13-11(19)10(18)9(17)8(16)7(15)5-14/h6-10,14-18H,2-5H2,1H3,(H,13,19)(H,20,21)/t6-,7-,8-,9+,10+/m0/s1. The fraction of sp³-hybridized carbons (Fsp3) is 0.833. The molecule has 0 saturated carbocycles. The van der Waals surface area contributed by atoms with E-state index in [1.54, 1.807) is 0 Å². The Kier molecular flexibility index (Phi) is 9.06. The van der Waals surface area contributed by atoms with Gasteiger partial charge < -0.3 is 36.0 Å². The number of aliphatic carboxylic acids is 1. The lowest BCUT2D eigenvalue weighted by Gasteiger charge is -2.26. The predicted molar refractivity (Wildman–Crippen MR) is 70.2 cm³/mol. The molecule has 21 heavy (non-hydrogen) atoms. The van der Waals surface area contributed by atoms with Gasteiger partial charge in [-0.05, 0) is 6.42 Å². The highest BCUT2D eigenvalue weighted by molar-refractivity contribution is 5.86. The van der Waals surface area contributed by atoms with Crippen molar-refractivity contribution in [2.45, 2.75) is 56.6 Å². The highest BCUT2D eigenvalue weighted by atomic mass is 16.4. The molecule has 0 aliphatic carbocycles. The largest absolute Gasteiger partial charge is 0.480 e. The van der Waals surface area contributed by atoms with Gasteiger partial charge in [-0.2, -0.15) is 0 Å². The molecule has 0 fully saturated rings. The molecule has 0 heterocycles. The van der Waals surface area contributed by atoms with Gasteiger partial charge >= 0.3 is 5.97 Å². The first-order valence-corrected chi connectivity index (χ1v) is 6.62. The van der Waals surface area contributed by atoms with Gasteiger partial charge in [-0.15, -0.1) is 0 Å². The lowest BCUT2D eigenvalue weighted by molar-refractivity contribution is -0.153. The first-order valence-electron chi connectivity index (χ1n) is 6.62. The second-order valence-corrected chi connectivity index (χ2v) is 4.72. The van der Waals surface area contributed by atoms with Crippen molar-refractivity contribution in [1.82, 2.24) is 5.32 Å². The van der Waals surface area contributed by atoms with Crippen molar-refractivity contribution in [2.75, 3.05) is 6.61 Å². The van der Waals surface area contributed by atoms with E-state index in [2.05, 4.69) is 0 Å². The van der Waals surface area contributed by atoms with Crippen molar-refractivity contribution < 1.29 is 40.2 Å². The van der Waals surface area contributed by atoms with Crippen LogP contribution in [0.5, 0.6) is 0 Å². The van der Waals surface area contributed by atoms with Crippen LogP contribution in [0.15, 0.2) is 0 Å². The summed E-state index contributed by atoms with van der Waals surface area (Å²) in [6.07, 6.45) is -6.47. The third kappa shape index (κ3) is 6.36. The third-order valence-corrected chi connectivity index (χ3v) is 2.98. The van der Waals surface area contributed by atoms with Gasteiger partial charge in [0, 0.05) is 0 Å². The average molecular weight is 309 g/mol. The molecule has 0 unspecified atom stereocenters. The van der Waals surface area contributed by atoms with Crippen molar-refractivity contribution in [3.8, 4) is 0 Å². The quantitative estimate of drug-likeness (QED) is 0.227. The number of unbranched alkanes of at least 4 members (excludes halogenated alkanes) is 1. The van der Waals surface area contributed by atoms with Crippen LogP contribution in [0.4, 0.5) is 0 Å². The molecule has 7 N–H and O–H groups in total. The van der Waals surface area contributed by atoms with E-state index >= 15 is 0 Å². The van der Waals surface area contributed by atoms with Crippen molar-refractivity contribution in [3.63, 3.8) is 0 Å². The minimum atomic E-state index is -2.13. The van der Waals surface area contributed by atoms with Crippen LogP contribution in [0.25, 0.3) is 0 Å². The summed E-state index contributed by atoms with van der Waals surface area (Å²) in [5.74, 6) is -2.47. The average Bonchev–Trinajstić information content (AvgIpc) is 2.47. The zero-order chi connectivity index (χ0) is 16.6. The molecule has 0 aromatic heterocycles. The Morgan fingerprint density at radius 2 is 1.67 bits per heavy atom. The van der Waals surface area contributed by atoms with Crippen LogP contribution < -0.4 is 5.32 Å². The van der Waals surface area contributed by atoms with Crippen LogP contribution in [0.3, 0.4) is 0 Å². The highest BCUT2D eigenvalue weighted by Crippen LogP contribution is 2.07. The summed E-state index contributed by atoms with van der Waals surface area (Å²) >= 11 is 0. The Balaban J connectivity index is 4.64. The Morgan fingerprint density at radius 3 is 2.10 bits per heavy atom. The van der Waals surface area contributed by atoms with E-state index < -0.39 is 48.9 Å². The van der Waals surface area contributed by atoms with Crippen molar-refractivity contribution in [1.29, 1.82) is 0 Å². The second-order valence-electron chi connectivity index (χ2n) is 4.72. The summed E-state index contributed by atoms with van der Waals surface area (Å²) in [6, 6.07) is -1.22. The maximum absolute atomic E-state index is 11.6. The van der Waals surface area contributed by atoms with E-state index in [0.717, 1.165) is 0 Å². The summed E-state index contributed by atoms with van der Waals surface area (Å²) in [7, 11) is 0. The SMILES string of the molecule is CCCC[C@H](NC(=O)[C@H](O)[C@H](O)[C@@H](O)[C@@H](O)CO)C(=O)O. The molecule has 0 rings (SSSR count). The number of aliphatic hydroxyl groups excluding tert-OH is 5. The van der Waals surface area contributed by atoms with Gasteiger partial charge in [0.25, 0.3) is 5.91 Å². The van der Waals surface area contributed by atoms with Gasteiger partial charge in [0.05, 0.1) is 6.61 Å². The van der Waals surface area contributed by atoms with Crippen molar-refractivity contribution >= 4 is 11.9 Å². The Labute approximate surface area is 121 Å². The molecular weight excluding hydrogens is 286 g/mol. The molecule has 0 aliphatic rings. The van der Waals surface area contributed by atoms with Gasteiger partial charge in [0.15, 0.2) is 6.10 Å². The summed E-state index contributed by atoms with van der Waals surface area (Å²) in [4.78, 5) is 22.6. The molecule has 0 spiro atoms. The van der Waals surface area contributed by atoms with Crippen LogP contribution >= 0.6 is 0 Å². The summed E-state index contributed by atoms with van der Waals surface area (Å²) in [5.41, 5.74) is 0. The van der Waals surface area contributed by atoms with Crippen LogP contribution in [0.1, 0.15) is 26.2 Å². The number of hydrogen-bond donors (Lipinski definition) is 7. The normalized spacial score (nSPS) is 18.4. The minimum absolute atomic E-state index is 0.155. The molecule has 0 bridgehead atoms. The second kappa shape index (κ2) is 9.64. The number of carbonyl (C=O) groups excluding carboxylic acids is 1. The van der Waals surface area contributed by atoms with Crippen LogP contribution in [0, 0.1) is 0 Å². The molecule has 0 saturated heterocycles. The zero-order valence-electron chi connectivity index (χ0n) is 11.7. The number of carboxylic acids is 1. The number of nitrogens with one attached hydrogen (secondary N) is 1. The Hall–Kier alpha value is -1.26. The first-order chi connectivity index (χ1) is 9.76. The monoisotopic (exact) mass is 309 g/mol. The number of aliphatic hydroxyl groups is 5.